The molecule has 5 amide bonds. The number of aromatic nitrogens is 2. The summed E-state index contributed by atoms with van der Waals surface area (Å²) >= 11 is 1.44. The van der Waals surface area contributed by atoms with Gasteiger partial charge in [-0.25, -0.2) is 9.78 Å². The lowest BCUT2D eigenvalue weighted by molar-refractivity contribution is -0.145. The second kappa shape index (κ2) is 17.9. The lowest BCUT2D eigenvalue weighted by Crippen LogP contribution is -2.59. The number of hydrogen-bond acceptors (Lipinski definition) is 10. The van der Waals surface area contributed by atoms with Crippen molar-refractivity contribution in [2.75, 3.05) is 25.2 Å². The number of phenols is 1. The number of aliphatic hydroxyl groups excluding tert-OH is 1. The Hall–Kier alpha value is -4.64. The number of aliphatic hydroxyl groups is 1. The van der Waals surface area contributed by atoms with Crippen LogP contribution < -0.4 is 21.3 Å². The fourth-order valence-corrected chi connectivity index (χ4v) is 5.61. The molecule has 47 heavy (non-hydrogen) atoms. The predicted octanol–water partition coefficient (Wildman–Crippen LogP) is -1.32. The average molecular weight is 676 g/mol. The van der Waals surface area contributed by atoms with Crippen LogP contribution in [0, 0.1) is 0 Å². The number of carboxylic acids is 1. The number of hydrogen-bond donors (Lipinski definition) is 8. The number of H-pyrrole nitrogens is 1. The molecule has 1 saturated heterocycles. The van der Waals surface area contributed by atoms with E-state index in [1.807, 2.05) is 6.26 Å². The van der Waals surface area contributed by atoms with E-state index in [9.17, 15) is 44.1 Å². The first-order valence-electron chi connectivity index (χ1n) is 15.0. The van der Waals surface area contributed by atoms with Gasteiger partial charge in [-0.05, 0) is 49.0 Å². The van der Waals surface area contributed by atoms with Gasteiger partial charge >= 0.3 is 5.97 Å². The van der Waals surface area contributed by atoms with Crippen LogP contribution in [0.15, 0.2) is 36.8 Å². The molecule has 256 valence electrons. The molecule has 0 aliphatic carbocycles. The van der Waals surface area contributed by atoms with Gasteiger partial charge in [-0.3, -0.25) is 24.0 Å². The van der Waals surface area contributed by atoms with E-state index in [1.54, 1.807) is 12.1 Å². The maximum atomic E-state index is 14.1. The summed E-state index contributed by atoms with van der Waals surface area (Å²) in [6.07, 6.45) is 5.47. The zero-order valence-corrected chi connectivity index (χ0v) is 26.9. The lowest BCUT2D eigenvalue weighted by Gasteiger charge is -2.30. The molecule has 0 saturated carbocycles. The van der Waals surface area contributed by atoms with Crippen LogP contribution in [0.2, 0.25) is 0 Å². The normalized spacial score (nSPS) is 16.7. The number of nitrogens with one attached hydrogen (secondary N) is 5. The van der Waals surface area contributed by atoms with E-state index < -0.39 is 72.3 Å². The number of carbonyl (C=O) groups is 6. The monoisotopic (exact) mass is 675 g/mol. The molecule has 17 heteroatoms. The van der Waals surface area contributed by atoms with Gasteiger partial charge in [0.2, 0.25) is 29.5 Å². The van der Waals surface area contributed by atoms with Crippen LogP contribution in [0.3, 0.4) is 0 Å². The number of rotatable bonds is 17. The molecule has 1 aromatic carbocycles. The Kier molecular flexibility index (Phi) is 14.0. The highest BCUT2D eigenvalue weighted by Crippen LogP contribution is 2.21. The minimum absolute atomic E-state index is 0.00802. The van der Waals surface area contributed by atoms with Crippen molar-refractivity contribution in [2.24, 2.45) is 0 Å². The molecular weight excluding hydrogens is 634 g/mol. The molecule has 8 N–H and O–H groups in total. The summed E-state index contributed by atoms with van der Waals surface area (Å²) < 4.78 is 0. The van der Waals surface area contributed by atoms with Gasteiger partial charge in [-0.1, -0.05) is 12.1 Å². The number of carbonyl (C=O) groups excluding carboxylic acids is 5. The van der Waals surface area contributed by atoms with Crippen LogP contribution in [0.1, 0.15) is 37.4 Å². The molecule has 0 bridgehead atoms. The van der Waals surface area contributed by atoms with E-state index in [0.29, 0.717) is 23.4 Å². The maximum absolute atomic E-state index is 14.1. The molecule has 0 spiro atoms. The number of nitrogens with zero attached hydrogens (tertiary/aromatic N) is 2. The Morgan fingerprint density at radius 3 is 2.26 bits per heavy atom. The third-order valence-electron chi connectivity index (χ3n) is 7.54. The summed E-state index contributed by atoms with van der Waals surface area (Å²) in [7, 11) is 0. The van der Waals surface area contributed by atoms with Crippen LogP contribution >= 0.6 is 11.8 Å². The van der Waals surface area contributed by atoms with Gasteiger partial charge in [-0.2, -0.15) is 11.8 Å². The Bertz CT molecular complexity index is 1390. The molecule has 3 rings (SSSR count). The van der Waals surface area contributed by atoms with Gasteiger partial charge < -0.3 is 46.5 Å². The summed E-state index contributed by atoms with van der Waals surface area (Å²) in [6, 6.07) is 0.0170. The Balaban J connectivity index is 1.87. The number of imidazole rings is 1. The van der Waals surface area contributed by atoms with Crippen molar-refractivity contribution in [3.05, 3.63) is 48.0 Å². The molecule has 0 radical (unpaired) electrons. The molecule has 16 nitrogen and oxygen atoms in total. The molecule has 1 aromatic heterocycles. The average Bonchev–Trinajstić information content (AvgIpc) is 3.74. The van der Waals surface area contributed by atoms with Gasteiger partial charge in [0, 0.05) is 38.2 Å². The first kappa shape index (κ1) is 36.8. The van der Waals surface area contributed by atoms with Gasteiger partial charge in [0.25, 0.3) is 0 Å². The topological polar surface area (TPSA) is 243 Å². The number of aromatic amines is 1. The largest absolute Gasteiger partial charge is 0.508 e. The molecule has 5 atom stereocenters. The van der Waals surface area contributed by atoms with Gasteiger partial charge in [-0.15, -0.1) is 0 Å². The summed E-state index contributed by atoms with van der Waals surface area (Å²) in [5, 5.41) is 39.1. The second-order valence-corrected chi connectivity index (χ2v) is 12.1. The number of thioether (sulfide) groups is 1. The molecule has 0 unspecified atom stereocenters. The smallest absolute Gasteiger partial charge is 0.326 e. The zero-order valence-electron chi connectivity index (χ0n) is 26.1. The summed E-state index contributed by atoms with van der Waals surface area (Å²) in [6.45, 7) is 0.622. The zero-order chi connectivity index (χ0) is 34.5. The summed E-state index contributed by atoms with van der Waals surface area (Å²) in [4.78, 5) is 85.4. The van der Waals surface area contributed by atoms with Crippen LogP contribution in [0.5, 0.6) is 5.75 Å². The van der Waals surface area contributed by atoms with Crippen LogP contribution in [0.4, 0.5) is 0 Å². The Morgan fingerprint density at radius 2 is 1.66 bits per heavy atom. The number of aliphatic carboxylic acids is 1. The Labute approximate surface area is 275 Å². The van der Waals surface area contributed by atoms with Crippen molar-refractivity contribution in [3.8, 4) is 5.75 Å². The van der Waals surface area contributed by atoms with Crippen molar-refractivity contribution >= 4 is 47.3 Å². The highest BCUT2D eigenvalue weighted by molar-refractivity contribution is 7.98. The second-order valence-electron chi connectivity index (χ2n) is 11.1. The maximum Gasteiger partial charge on any atom is 0.326 e. The fraction of sp³-hybridized carbons (Fsp3) is 0.500. The van der Waals surface area contributed by atoms with E-state index in [0.717, 1.165) is 0 Å². The van der Waals surface area contributed by atoms with E-state index in [4.69, 9.17) is 0 Å². The molecule has 2 aromatic rings. The number of carboxylic acid groups (broad SMARTS) is 1. The van der Waals surface area contributed by atoms with E-state index in [-0.39, 0.29) is 38.0 Å². The molecule has 2 heterocycles. The Morgan fingerprint density at radius 1 is 0.979 bits per heavy atom. The number of amides is 5. The number of aromatic hydroxyl groups is 1. The number of likely N-dealkylation sites (tertiary alicyclic amines) is 1. The van der Waals surface area contributed by atoms with Crippen molar-refractivity contribution in [3.63, 3.8) is 0 Å². The highest BCUT2D eigenvalue weighted by Gasteiger charge is 2.39. The van der Waals surface area contributed by atoms with E-state index in [1.165, 1.54) is 48.2 Å². The summed E-state index contributed by atoms with van der Waals surface area (Å²) in [5.41, 5.74) is 1.04. The highest BCUT2D eigenvalue weighted by atomic mass is 32.2. The SMILES string of the molecule is CSCC[C@H](NC(=O)[C@@H]1CCCN1C(=O)[C@H](Cc1ccc(O)cc1)NC(=O)[C@H](Cc1cnc[nH]1)NC(=O)[C@H](CO)NC(C)=O)C(=O)O. The van der Waals surface area contributed by atoms with Crippen LogP contribution in [0.25, 0.3) is 0 Å². The lowest BCUT2D eigenvalue weighted by atomic mass is 10.0. The fourth-order valence-electron chi connectivity index (χ4n) is 5.14. The number of benzene rings is 1. The third-order valence-corrected chi connectivity index (χ3v) is 8.19. The van der Waals surface area contributed by atoms with E-state index in [2.05, 4.69) is 31.2 Å². The van der Waals surface area contributed by atoms with Crippen LogP contribution in [-0.4, -0.2) is 121 Å². The third kappa shape index (κ3) is 11.0. The number of phenolic OH excluding ortho intramolecular Hbond substituents is 1. The van der Waals surface area contributed by atoms with Gasteiger partial charge in [0.15, 0.2) is 0 Å². The van der Waals surface area contributed by atoms with Crippen molar-refractivity contribution in [1.29, 1.82) is 0 Å². The van der Waals surface area contributed by atoms with Crippen LogP contribution in [-0.2, 0) is 41.6 Å². The molecule has 1 aliphatic heterocycles. The van der Waals surface area contributed by atoms with Crippen molar-refractivity contribution in [2.45, 2.75) is 69.2 Å². The van der Waals surface area contributed by atoms with Crippen molar-refractivity contribution in [1.82, 2.24) is 36.1 Å². The van der Waals surface area contributed by atoms with Gasteiger partial charge in [0.1, 0.15) is 36.0 Å². The minimum atomic E-state index is -1.34. The minimum Gasteiger partial charge on any atom is -0.508 e. The molecule has 1 fully saturated rings. The quantitative estimate of drug-likeness (QED) is 0.0978. The predicted molar refractivity (Wildman–Crippen MR) is 170 cm³/mol. The first-order chi connectivity index (χ1) is 22.4. The first-order valence-corrected chi connectivity index (χ1v) is 16.4. The molecular formula is C30H41N7O9S. The van der Waals surface area contributed by atoms with E-state index >= 15 is 0 Å². The summed E-state index contributed by atoms with van der Waals surface area (Å²) in [5.74, 6) is -4.08. The van der Waals surface area contributed by atoms with Crippen molar-refractivity contribution < 1.29 is 44.1 Å². The standard InChI is InChI=1S/C30H41N7O9S/c1-17(39)33-24(15-38)27(42)35-22(13-19-14-31-16-32-19)26(41)36-23(12-18-5-7-20(40)8-6-18)29(44)37-10-3-4-25(37)28(43)34-21(30(45)46)9-11-47-2/h5-8,14,16,21-25,38,40H,3-4,9-13,15H2,1-2H3,(H,31,32)(H,33,39)(H,34,43)(H,35,42)(H,36,41)(H,45,46)/t21-,22-,23-,24-,25-/m0/s1. The van der Waals surface area contributed by atoms with Gasteiger partial charge in [0.05, 0.1) is 12.9 Å². The molecule has 1 aliphatic rings.